The molecule has 2 rings (SSSR count). The lowest BCUT2D eigenvalue weighted by Gasteiger charge is -2.18. The van der Waals surface area contributed by atoms with Crippen LogP contribution in [0.1, 0.15) is 25.0 Å². The first-order chi connectivity index (χ1) is 9.99. The molecule has 2 aromatic carbocycles. The fourth-order valence-corrected chi connectivity index (χ4v) is 2.52. The molecule has 3 nitrogen and oxygen atoms in total. The van der Waals surface area contributed by atoms with Crippen LogP contribution in [-0.2, 0) is 4.79 Å². The van der Waals surface area contributed by atoms with Gasteiger partial charge in [-0.3, -0.25) is 4.79 Å². The Morgan fingerprint density at radius 1 is 1.14 bits per heavy atom. The van der Waals surface area contributed by atoms with Crippen LogP contribution in [0.2, 0.25) is 5.02 Å². The van der Waals surface area contributed by atoms with E-state index in [0.717, 1.165) is 11.1 Å². The molecule has 0 bridgehead atoms. The topological polar surface area (TPSA) is 57.5 Å². The number of aliphatic hydroxyl groups excluding tert-OH is 1. The van der Waals surface area contributed by atoms with Crippen LogP contribution in [0.25, 0.3) is 11.1 Å². The van der Waals surface area contributed by atoms with Crippen molar-refractivity contribution in [1.29, 1.82) is 0 Å². The first kappa shape index (κ1) is 15.5. The summed E-state index contributed by atoms with van der Waals surface area (Å²) in [7, 11) is 0. The normalized spacial score (nSPS) is 13.7. The van der Waals surface area contributed by atoms with E-state index in [1.54, 1.807) is 6.92 Å². The molecule has 2 unspecified atom stereocenters. The average Bonchev–Trinajstić information content (AvgIpc) is 2.46. The van der Waals surface area contributed by atoms with Gasteiger partial charge in [0, 0.05) is 10.6 Å². The third-order valence-corrected chi connectivity index (χ3v) is 3.80. The number of aliphatic carboxylic acids is 1. The van der Waals surface area contributed by atoms with Crippen LogP contribution in [0.15, 0.2) is 48.5 Å². The fraction of sp³-hybridized carbons (Fsp3) is 0.235. The van der Waals surface area contributed by atoms with Crippen molar-refractivity contribution in [3.05, 3.63) is 59.1 Å². The Morgan fingerprint density at radius 3 is 2.33 bits per heavy atom. The zero-order chi connectivity index (χ0) is 15.4. The number of hydrogen-bond donors (Lipinski definition) is 2. The summed E-state index contributed by atoms with van der Waals surface area (Å²) >= 11 is 6.15. The molecule has 0 fully saturated rings. The van der Waals surface area contributed by atoms with E-state index < -0.39 is 12.1 Å². The predicted molar refractivity (Wildman–Crippen MR) is 83.3 cm³/mol. The number of benzene rings is 2. The van der Waals surface area contributed by atoms with Gasteiger partial charge in [0.25, 0.3) is 0 Å². The van der Waals surface area contributed by atoms with Crippen molar-refractivity contribution in [3.8, 4) is 11.1 Å². The molecule has 110 valence electrons. The van der Waals surface area contributed by atoms with Crippen molar-refractivity contribution in [2.24, 2.45) is 5.92 Å². The molecule has 2 atom stereocenters. The molecule has 0 aliphatic rings. The summed E-state index contributed by atoms with van der Waals surface area (Å²) in [6, 6.07) is 14.9. The molecular weight excluding hydrogens is 288 g/mol. The standard InChI is InChI=1S/C17H17ClO3/c1-11(10-16(19)20)17(21)13-8-6-12(7-9-13)14-4-2-3-5-15(14)18/h2-9,11,17,21H,10H2,1H3,(H,19,20). The second-order valence-electron chi connectivity index (χ2n) is 5.12. The van der Waals surface area contributed by atoms with Crippen molar-refractivity contribution in [1.82, 2.24) is 0 Å². The van der Waals surface area contributed by atoms with Crippen molar-refractivity contribution in [3.63, 3.8) is 0 Å². The smallest absolute Gasteiger partial charge is 0.303 e. The van der Waals surface area contributed by atoms with Crippen LogP contribution in [-0.4, -0.2) is 16.2 Å². The Bertz CT molecular complexity index is 622. The quantitative estimate of drug-likeness (QED) is 0.872. The zero-order valence-electron chi connectivity index (χ0n) is 11.7. The Kier molecular flexibility index (Phi) is 4.99. The molecule has 0 amide bonds. The van der Waals surface area contributed by atoms with Crippen molar-refractivity contribution in [2.45, 2.75) is 19.4 Å². The van der Waals surface area contributed by atoms with Gasteiger partial charge in [-0.15, -0.1) is 0 Å². The highest BCUT2D eigenvalue weighted by atomic mass is 35.5. The van der Waals surface area contributed by atoms with E-state index in [4.69, 9.17) is 16.7 Å². The molecule has 2 aromatic rings. The summed E-state index contributed by atoms with van der Waals surface area (Å²) in [6.07, 6.45) is -0.852. The summed E-state index contributed by atoms with van der Waals surface area (Å²) < 4.78 is 0. The zero-order valence-corrected chi connectivity index (χ0v) is 12.4. The monoisotopic (exact) mass is 304 g/mol. The average molecular weight is 305 g/mol. The van der Waals surface area contributed by atoms with Crippen molar-refractivity contribution in [2.75, 3.05) is 0 Å². The molecule has 0 aliphatic carbocycles. The van der Waals surface area contributed by atoms with Gasteiger partial charge in [-0.1, -0.05) is 61.0 Å². The Hall–Kier alpha value is -1.84. The number of rotatable bonds is 5. The lowest BCUT2D eigenvalue weighted by molar-refractivity contribution is -0.139. The van der Waals surface area contributed by atoms with Crippen molar-refractivity contribution >= 4 is 17.6 Å². The first-order valence-electron chi connectivity index (χ1n) is 6.73. The lowest BCUT2D eigenvalue weighted by atomic mass is 9.93. The third-order valence-electron chi connectivity index (χ3n) is 3.47. The summed E-state index contributed by atoms with van der Waals surface area (Å²) in [5.74, 6) is -1.25. The molecule has 0 spiro atoms. The van der Waals surface area contributed by atoms with Gasteiger partial charge < -0.3 is 10.2 Å². The minimum atomic E-state index is -0.908. The van der Waals surface area contributed by atoms with E-state index in [0.29, 0.717) is 10.6 Å². The number of aliphatic hydroxyl groups is 1. The van der Waals surface area contributed by atoms with E-state index >= 15 is 0 Å². The van der Waals surface area contributed by atoms with E-state index in [-0.39, 0.29) is 12.3 Å². The highest BCUT2D eigenvalue weighted by Gasteiger charge is 2.19. The Labute approximate surface area is 128 Å². The number of halogens is 1. The van der Waals surface area contributed by atoms with Gasteiger partial charge in [0.1, 0.15) is 0 Å². The van der Waals surface area contributed by atoms with Crippen molar-refractivity contribution < 1.29 is 15.0 Å². The maximum absolute atomic E-state index is 10.7. The fourth-order valence-electron chi connectivity index (χ4n) is 2.27. The molecule has 4 heteroatoms. The summed E-state index contributed by atoms with van der Waals surface area (Å²) in [6.45, 7) is 1.72. The first-order valence-corrected chi connectivity index (χ1v) is 7.11. The molecule has 0 aliphatic heterocycles. The SMILES string of the molecule is CC(CC(=O)O)C(O)c1ccc(-c2ccccc2Cl)cc1. The van der Waals surface area contributed by atoms with E-state index in [1.807, 2.05) is 48.5 Å². The maximum atomic E-state index is 10.7. The Balaban J connectivity index is 2.19. The number of carbonyl (C=O) groups is 1. The summed E-state index contributed by atoms with van der Waals surface area (Å²) in [5, 5.41) is 19.6. The summed E-state index contributed by atoms with van der Waals surface area (Å²) in [4.78, 5) is 10.7. The van der Waals surface area contributed by atoms with E-state index in [1.165, 1.54) is 0 Å². The largest absolute Gasteiger partial charge is 0.481 e. The molecule has 0 saturated heterocycles. The number of carboxylic acid groups (broad SMARTS) is 1. The molecule has 21 heavy (non-hydrogen) atoms. The van der Waals surface area contributed by atoms with Gasteiger partial charge in [-0.05, 0) is 23.1 Å². The third kappa shape index (κ3) is 3.84. The van der Waals surface area contributed by atoms with Gasteiger partial charge in [0.05, 0.1) is 12.5 Å². The highest BCUT2D eigenvalue weighted by Crippen LogP contribution is 2.30. The van der Waals surface area contributed by atoms with Crippen LogP contribution in [0.4, 0.5) is 0 Å². The number of carboxylic acids is 1. The molecular formula is C17H17ClO3. The lowest BCUT2D eigenvalue weighted by Crippen LogP contribution is -2.13. The maximum Gasteiger partial charge on any atom is 0.303 e. The Morgan fingerprint density at radius 2 is 1.76 bits per heavy atom. The minimum absolute atomic E-state index is 0.0621. The van der Waals surface area contributed by atoms with Crippen LogP contribution >= 0.6 is 11.6 Å². The van der Waals surface area contributed by atoms with Gasteiger partial charge >= 0.3 is 5.97 Å². The van der Waals surface area contributed by atoms with E-state index in [2.05, 4.69) is 0 Å². The van der Waals surface area contributed by atoms with Crippen LogP contribution in [0.3, 0.4) is 0 Å². The van der Waals surface area contributed by atoms with Crippen LogP contribution in [0.5, 0.6) is 0 Å². The molecule has 0 heterocycles. The predicted octanol–water partition coefficient (Wildman–Crippen LogP) is 4.15. The van der Waals surface area contributed by atoms with E-state index in [9.17, 15) is 9.90 Å². The molecule has 0 saturated carbocycles. The molecule has 0 radical (unpaired) electrons. The second-order valence-corrected chi connectivity index (χ2v) is 5.53. The van der Waals surface area contributed by atoms with Gasteiger partial charge in [0.2, 0.25) is 0 Å². The molecule has 2 N–H and O–H groups in total. The van der Waals surface area contributed by atoms with Gasteiger partial charge in [-0.2, -0.15) is 0 Å². The minimum Gasteiger partial charge on any atom is -0.481 e. The van der Waals surface area contributed by atoms with Crippen LogP contribution in [0, 0.1) is 5.92 Å². The van der Waals surface area contributed by atoms with Gasteiger partial charge in [0.15, 0.2) is 0 Å². The van der Waals surface area contributed by atoms with Gasteiger partial charge in [-0.25, -0.2) is 0 Å². The second kappa shape index (κ2) is 6.74. The summed E-state index contributed by atoms with van der Waals surface area (Å²) in [5.41, 5.74) is 2.60. The van der Waals surface area contributed by atoms with Crippen LogP contribution < -0.4 is 0 Å². The molecule has 0 aromatic heterocycles. The number of hydrogen-bond acceptors (Lipinski definition) is 2. The highest BCUT2D eigenvalue weighted by molar-refractivity contribution is 6.33.